The summed E-state index contributed by atoms with van der Waals surface area (Å²) in [5.41, 5.74) is 0. The lowest BCUT2D eigenvalue weighted by Crippen LogP contribution is -2.61. The number of nitrogens with one attached hydrogen (secondary N) is 1. The quantitative estimate of drug-likeness (QED) is 0.0195. The van der Waals surface area contributed by atoms with Crippen molar-refractivity contribution in [3.63, 3.8) is 0 Å². The molecule has 0 aliphatic carbocycles. The SMILES string of the molecule is CC/C=C\C/C=C\C/C=C\C/C=C\C/C=C\CCCCCCCCCCCCC(O)C(=O)NC(COC1OC(CO)C(O)C(O)C1OC(=O)CCCCCCC/C=C\CCCC)C(O)/C=C/CCCCCCCCCCC. The Balaban J connectivity index is 2.59. The lowest BCUT2D eigenvalue weighted by Gasteiger charge is -2.41. The van der Waals surface area contributed by atoms with E-state index >= 15 is 0 Å². The molecule has 1 fully saturated rings. The Hall–Kier alpha value is -3.16. The van der Waals surface area contributed by atoms with Crippen molar-refractivity contribution >= 4 is 11.9 Å². The van der Waals surface area contributed by atoms with Crippen LogP contribution in [0.15, 0.2) is 85.1 Å². The standard InChI is InChI=1S/C66H115NO10/c1-4-7-10-13-16-19-22-23-24-25-26-27-28-29-30-31-32-33-34-35-36-39-41-44-47-50-53-59(70)65(74)67-57(58(69)52-49-46-43-40-37-20-17-14-11-8-5-2)56-75-66-64(63(73)62(72)60(55-68)76-66)77-61(71)54-51-48-45-42-38-21-18-15-12-9-6-3/h7,10,15-16,18-19,23-24,26-27,29-30,49,52,57-60,62-64,66,68-70,72-73H,4-6,8-9,11-14,17,20-22,25,28,31-48,50-51,53-56H2,1-3H3,(H,67,74)/b10-7-,18-15-,19-16-,24-23-,27-26-,30-29-,52-49+. The van der Waals surface area contributed by atoms with E-state index in [9.17, 15) is 35.1 Å². The van der Waals surface area contributed by atoms with E-state index in [1.54, 1.807) is 6.08 Å². The van der Waals surface area contributed by atoms with E-state index in [-0.39, 0.29) is 19.4 Å². The van der Waals surface area contributed by atoms with Crippen molar-refractivity contribution in [2.24, 2.45) is 0 Å². The third-order valence-corrected chi connectivity index (χ3v) is 14.3. The number of rotatable bonds is 52. The predicted molar refractivity (Wildman–Crippen MR) is 319 cm³/mol. The molecular weight excluding hydrogens is 967 g/mol. The van der Waals surface area contributed by atoms with Gasteiger partial charge in [-0.2, -0.15) is 0 Å². The Bertz CT molecular complexity index is 1570. The molecule has 1 rings (SSSR count). The van der Waals surface area contributed by atoms with Crippen LogP contribution in [0.1, 0.15) is 258 Å². The molecule has 0 bridgehead atoms. The van der Waals surface area contributed by atoms with Crippen LogP contribution in [-0.4, -0.2) is 99.6 Å². The summed E-state index contributed by atoms with van der Waals surface area (Å²) >= 11 is 0. The lowest BCUT2D eigenvalue weighted by molar-refractivity contribution is -0.305. The Morgan fingerprint density at radius 1 is 0.519 bits per heavy atom. The highest BCUT2D eigenvalue weighted by atomic mass is 16.7. The molecule has 8 atom stereocenters. The first-order valence-electron chi connectivity index (χ1n) is 31.4. The number of aliphatic hydroxyl groups excluding tert-OH is 5. The number of allylic oxidation sites excluding steroid dienone is 13. The predicted octanol–water partition coefficient (Wildman–Crippen LogP) is 14.9. The number of hydrogen-bond acceptors (Lipinski definition) is 10. The summed E-state index contributed by atoms with van der Waals surface area (Å²) in [6, 6.07) is -1.03. The van der Waals surface area contributed by atoms with Gasteiger partial charge in [0.15, 0.2) is 12.4 Å². The fourth-order valence-corrected chi connectivity index (χ4v) is 9.31. The Kier molecular flexibility index (Phi) is 49.9. The maximum absolute atomic E-state index is 13.4. The van der Waals surface area contributed by atoms with Crippen LogP contribution in [0.5, 0.6) is 0 Å². The maximum Gasteiger partial charge on any atom is 0.306 e. The highest BCUT2D eigenvalue weighted by molar-refractivity contribution is 5.80. The summed E-state index contributed by atoms with van der Waals surface area (Å²) in [5.74, 6) is -1.21. The van der Waals surface area contributed by atoms with Crippen molar-refractivity contribution in [1.82, 2.24) is 5.32 Å². The van der Waals surface area contributed by atoms with Gasteiger partial charge in [0.25, 0.3) is 0 Å². The number of amides is 1. The zero-order valence-corrected chi connectivity index (χ0v) is 49.1. The van der Waals surface area contributed by atoms with Crippen LogP contribution in [0, 0.1) is 0 Å². The van der Waals surface area contributed by atoms with Gasteiger partial charge in [-0.25, -0.2) is 0 Å². The molecule has 8 unspecified atom stereocenters. The minimum Gasteiger partial charge on any atom is -0.454 e. The van der Waals surface area contributed by atoms with Crippen molar-refractivity contribution in [3.8, 4) is 0 Å². The largest absolute Gasteiger partial charge is 0.454 e. The van der Waals surface area contributed by atoms with Crippen molar-refractivity contribution in [1.29, 1.82) is 0 Å². The van der Waals surface area contributed by atoms with E-state index in [1.165, 1.54) is 96.3 Å². The van der Waals surface area contributed by atoms with E-state index in [4.69, 9.17) is 14.2 Å². The smallest absolute Gasteiger partial charge is 0.306 e. The van der Waals surface area contributed by atoms with Gasteiger partial charge >= 0.3 is 5.97 Å². The van der Waals surface area contributed by atoms with Crippen LogP contribution >= 0.6 is 0 Å². The summed E-state index contributed by atoms with van der Waals surface area (Å²) in [6.07, 6.45) is 59.2. The van der Waals surface area contributed by atoms with Gasteiger partial charge in [-0.3, -0.25) is 9.59 Å². The Morgan fingerprint density at radius 2 is 0.948 bits per heavy atom. The second kappa shape index (κ2) is 53.5. The van der Waals surface area contributed by atoms with Crippen LogP contribution in [-0.2, 0) is 23.8 Å². The third-order valence-electron chi connectivity index (χ3n) is 14.3. The van der Waals surface area contributed by atoms with Gasteiger partial charge in [-0.15, -0.1) is 0 Å². The molecule has 1 aliphatic heterocycles. The minimum atomic E-state index is -1.62. The first-order valence-corrected chi connectivity index (χ1v) is 31.4. The fraction of sp³-hybridized carbons (Fsp3) is 0.758. The van der Waals surface area contributed by atoms with Crippen molar-refractivity contribution in [3.05, 3.63) is 85.1 Å². The van der Waals surface area contributed by atoms with E-state index < -0.39 is 67.4 Å². The molecule has 77 heavy (non-hydrogen) atoms. The fourth-order valence-electron chi connectivity index (χ4n) is 9.31. The number of hydrogen-bond donors (Lipinski definition) is 6. The van der Waals surface area contributed by atoms with Crippen molar-refractivity contribution in [2.45, 2.75) is 307 Å². The van der Waals surface area contributed by atoms with Gasteiger partial charge in [0.1, 0.15) is 24.4 Å². The highest BCUT2D eigenvalue weighted by Crippen LogP contribution is 2.26. The lowest BCUT2D eigenvalue weighted by atomic mass is 9.99. The maximum atomic E-state index is 13.4. The van der Waals surface area contributed by atoms with Crippen LogP contribution in [0.4, 0.5) is 0 Å². The summed E-state index contributed by atoms with van der Waals surface area (Å²) < 4.78 is 17.6. The van der Waals surface area contributed by atoms with Crippen molar-refractivity contribution < 1.29 is 49.3 Å². The van der Waals surface area contributed by atoms with Gasteiger partial charge in [-0.05, 0) is 89.9 Å². The van der Waals surface area contributed by atoms with E-state index in [2.05, 4.69) is 99.0 Å². The molecule has 0 spiro atoms. The number of unbranched alkanes of at least 4 members (excludes halogenated alkanes) is 26. The molecule has 6 N–H and O–H groups in total. The molecule has 1 amide bonds. The summed E-state index contributed by atoms with van der Waals surface area (Å²) in [6.45, 7) is 5.61. The molecular formula is C66H115NO10. The van der Waals surface area contributed by atoms with Crippen molar-refractivity contribution in [2.75, 3.05) is 13.2 Å². The number of aliphatic hydroxyl groups is 5. The molecule has 11 nitrogen and oxygen atoms in total. The Morgan fingerprint density at radius 3 is 1.45 bits per heavy atom. The summed E-state index contributed by atoms with van der Waals surface area (Å²) in [7, 11) is 0. The van der Waals surface area contributed by atoms with Gasteiger partial charge in [-0.1, -0.05) is 247 Å². The molecule has 0 radical (unpaired) electrons. The summed E-state index contributed by atoms with van der Waals surface area (Å²) in [5, 5.41) is 56.9. The van der Waals surface area contributed by atoms with Crippen LogP contribution in [0.3, 0.4) is 0 Å². The monoisotopic (exact) mass is 1080 g/mol. The molecule has 0 aromatic carbocycles. The zero-order chi connectivity index (χ0) is 56.1. The Labute approximate surface area is 470 Å². The summed E-state index contributed by atoms with van der Waals surface area (Å²) in [4.78, 5) is 26.5. The topological polar surface area (TPSA) is 175 Å². The second-order valence-electron chi connectivity index (χ2n) is 21.4. The third kappa shape index (κ3) is 41.5. The normalized spacial score (nSPS) is 19.6. The van der Waals surface area contributed by atoms with Gasteiger partial charge in [0.05, 0.1) is 25.4 Å². The van der Waals surface area contributed by atoms with Crippen LogP contribution in [0.2, 0.25) is 0 Å². The second-order valence-corrected chi connectivity index (χ2v) is 21.4. The zero-order valence-electron chi connectivity index (χ0n) is 49.1. The number of ether oxygens (including phenoxy) is 3. The molecule has 11 heteroatoms. The van der Waals surface area contributed by atoms with Crippen LogP contribution in [0.25, 0.3) is 0 Å². The molecule has 1 aliphatic rings. The molecule has 0 aromatic heterocycles. The van der Waals surface area contributed by atoms with Gasteiger partial charge in [0.2, 0.25) is 5.91 Å². The van der Waals surface area contributed by atoms with Crippen LogP contribution < -0.4 is 5.32 Å². The molecule has 444 valence electrons. The first kappa shape index (κ1) is 71.9. The number of esters is 1. The van der Waals surface area contributed by atoms with E-state index in [1.807, 2.05) is 6.08 Å². The average Bonchev–Trinajstić information content (AvgIpc) is 3.43. The average molecular weight is 1080 g/mol. The number of carbonyl (C=O) groups is 2. The molecule has 0 aromatic rings. The highest BCUT2D eigenvalue weighted by Gasteiger charge is 2.47. The first-order chi connectivity index (χ1) is 37.7. The molecule has 1 heterocycles. The van der Waals surface area contributed by atoms with Gasteiger partial charge in [0, 0.05) is 6.42 Å². The van der Waals surface area contributed by atoms with Gasteiger partial charge < -0.3 is 45.1 Å². The van der Waals surface area contributed by atoms with E-state index in [0.29, 0.717) is 12.8 Å². The molecule has 0 saturated carbocycles. The minimum absolute atomic E-state index is 0.110. The number of carbonyl (C=O) groups excluding carboxylic acids is 2. The van der Waals surface area contributed by atoms with E-state index in [0.717, 1.165) is 116 Å². The molecule has 1 saturated heterocycles.